The number of halogens is 3. The predicted octanol–water partition coefficient (Wildman–Crippen LogP) is 6.01. The standard InChI is InChI=1S/C25H25F3N2O6.C13H19N3O4.C3H8NO5P.C3H9S/c1-5-16-6-7-17(20(12-16)36-15(2)23(32)34-4)14-35-19-10-8-18(9-11-19)30-22(31)13-21(25(26,27)28)29(3)24(30)33;1-5-10(6-2)14-12-11(15(17)18)7-8(3)9(4)13(12)16(19)20;5-3(6)1-4-2-10(7,8)9;1-4(2)3/h6-13,15H,5,14H2,1-4H3;7,10,14H,5-6H2,1-4H3;4H,1-2H2,(H,5,6)(H2,7,8,9);1-3H3/q;;;+1/p-1. The van der Waals surface area contributed by atoms with E-state index in [0.717, 1.165) is 31.9 Å². The molecule has 0 aliphatic heterocycles. The first-order valence-electron chi connectivity index (χ1n) is 21.1. The summed E-state index contributed by atoms with van der Waals surface area (Å²) < 4.78 is 66.4. The van der Waals surface area contributed by atoms with E-state index in [1.54, 1.807) is 20.8 Å². The fourth-order valence-corrected chi connectivity index (χ4v) is 6.23. The Bertz CT molecular complexity index is 2580. The van der Waals surface area contributed by atoms with Crippen LogP contribution in [0.4, 0.5) is 30.2 Å². The summed E-state index contributed by atoms with van der Waals surface area (Å²) in [4.78, 5) is 85.6. The first-order chi connectivity index (χ1) is 32.4. The van der Waals surface area contributed by atoms with Gasteiger partial charge in [-0.25, -0.2) is 14.2 Å². The number of carbonyl (C=O) groups is 2. The van der Waals surface area contributed by atoms with Crippen LogP contribution in [-0.4, -0.2) is 91.8 Å². The number of benzene rings is 3. The number of carboxylic acids is 1. The lowest BCUT2D eigenvalue weighted by atomic mass is 10.0. The molecule has 70 heavy (non-hydrogen) atoms. The second-order valence-electron chi connectivity index (χ2n) is 15.5. The van der Waals surface area contributed by atoms with Crippen molar-refractivity contribution in [2.24, 2.45) is 7.05 Å². The highest BCUT2D eigenvalue weighted by Crippen LogP contribution is 2.40. The highest BCUT2D eigenvalue weighted by atomic mass is 32.2. The first kappa shape index (κ1) is 61.7. The Balaban J connectivity index is 0.000000600. The maximum Gasteiger partial charge on any atom is 0.431 e. The zero-order valence-corrected chi connectivity index (χ0v) is 42.3. The Kier molecular flexibility index (Phi) is 25.1. The number of nitro groups is 2. The lowest BCUT2D eigenvalue weighted by Gasteiger charge is -2.17. The Morgan fingerprint density at radius 3 is 1.99 bits per heavy atom. The number of aryl methyl sites for hydroxylation is 2. The summed E-state index contributed by atoms with van der Waals surface area (Å²) in [5, 5.41) is 35.4. The van der Waals surface area contributed by atoms with Gasteiger partial charge in [0.2, 0.25) is 0 Å². The van der Waals surface area contributed by atoms with Gasteiger partial charge >= 0.3 is 29.5 Å². The van der Waals surface area contributed by atoms with Crippen LogP contribution >= 0.6 is 7.60 Å². The maximum atomic E-state index is 13.1. The molecule has 2 unspecified atom stereocenters. The molecule has 388 valence electrons. The van der Waals surface area contributed by atoms with Gasteiger partial charge in [0.25, 0.3) is 11.2 Å². The number of carbonyl (C=O) groups excluding carboxylic acids is 1. The van der Waals surface area contributed by atoms with Crippen LogP contribution in [0.5, 0.6) is 11.5 Å². The van der Waals surface area contributed by atoms with E-state index >= 15 is 0 Å². The number of hydrogen-bond donors (Lipinski definition) is 4. The maximum absolute atomic E-state index is 13.1. The van der Waals surface area contributed by atoms with E-state index in [1.165, 1.54) is 37.4 Å². The summed E-state index contributed by atoms with van der Waals surface area (Å²) in [5.41, 5.74) is -1.25. The summed E-state index contributed by atoms with van der Waals surface area (Å²) in [5.74, 6) is -0.858. The van der Waals surface area contributed by atoms with Crippen LogP contribution in [0.2, 0.25) is 0 Å². The fraction of sp³-hybridized carbons (Fsp3) is 0.455. The Labute approximate surface area is 404 Å². The van der Waals surface area contributed by atoms with Gasteiger partial charge in [0.15, 0.2) is 11.8 Å². The van der Waals surface area contributed by atoms with E-state index in [0.29, 0.717) is 54.3 Å². The Morgan fingerprint density at radius 2 is 1.53 bits per heavy atom. The summed E-state index contributed by atoms with van der Waals surface area (Å²) >= 11 is 0. The second-order valence-corrected chi connectivity index (χ2v) is 19.5. The molecule has 0 aliphatic rings. The summed E-state index contributed by atoms with van der Waals surface area (Å²) in [6.07, 6.45) is 2.43. The minimum absolute atomic E-state index is 0.0109. The van der Waals surface area contributed by atoms with Crippen molar-refractivity contribution in [3.05, 3.63) is 124 Å². The van der Waals surface area contributed by atoms with Gasteiger partial charge in [-0.2, -0.15) is 13.2 Å². The number of nitrogens with zero attached hydrogens (tertiary/aromatic N) is 4. The predicted molar refractivity (Wildman–Crippen MR) is 257 cm³/mol. The molecule has 4 N–H and O–H groups in total. The molecule has 4 aromatic rings. The lowest BCUT2D eigenvalue weighted by molar-refractivity contribution is -0.392. The monoisotopic (exact) mass is 1030 g/mol. The highest BCUT2D eigenvalue weighted by Gasteiger charge is 2.35. The molecule has 0 spiro atoms. The van der Waals surface area contributed by atoms with E-state index in [-0.39, 0.29) is 35.4 Å². The normalized spacial score (nSPS) is 12.1. The molecule has 0 saturated heterocycles. The molecule has 1 aromatic heterocycles. The molecule has 4 rings (SSSR count). The molecule has 3 aromatic carbocycles. The summed E-state index contributed by atoms with van der Waals surface area (Å²) in [6, 6.07) is 13.0. The Hall–Kier alpha value is -6.27. The number of aromatic nitrogens is 2. The van der Waals surface area contributed by atoms with Gasteiger partial charge in [-0.05, 0) is 92.4 Å². The zero-order chi connectivity index (χ0) is 53.8. The third-order valence-electron chi connectivity index (χ3n) is 9.57. The van der Waals surface area contributed by atoms with Crippen LogP contribution in [0.3, 0.4) is 0 Å². The molecule has 0 amide bonds. The van der Waals surface area contributed by atoms with Crippen LogP contribution in [-0.2, 0) is 56.0 Å². The van der Waals surface area contributed by atoms with Crippen molar-refractivity contribution >= 4 is 47.5 Å². The summed E-state index contributed by atoms with van der Waals surface area (Å²) in [6.45, 7) is 10.3. The van der Waals surface area contributed by atoms with Crippen LogP contribution in [0.15, 0.2) is 64.2 Å². The third kappa shape index (κ3) is 20.0. The number of nitro benzene ring substituents is 2. The van der Waals surface area contributed by atoms with Gasteiger partial charge in [-0.15, -0.1) is 0 Å². The number of rotatable bonds is 18. The molecule has 0 radical (unpaired) electrons. The number of methoxy groups -OCH3 is 1. The smallest absolute Gasteiger partial charge is 0.431 e. The van der Waals surface area contributed by atoms with Crippen molar-refractivity contribution in [1.29, 1.82) is 0 Å². The van der Waals surface area contributed by atoms with Gasteiger partial charge < -0.3 is 39.0 Å². The number of nitrogens with one attached hydrogen (secondary N) is 2. The van der Waals surface area contributed by atoms with Crippen LogP contribution < -0.4 is 36.2 Å². The molecule has 1 heterocycles. The number of carboxylic acid groups (broad SMARTS) is 1. The number of aliphatic carboxylic acids is 1. The van der Waals surface area contributed by atoms with Crippen molar-refractivity contribution in [3.8, 4) is 17.2 Å². The average molecular weight is 1030 g/mol. The SMILES string of the molecule is CCC(CC)Nc1c([N+](=O)[O-])cc(C)c(C)c1[N+](=O)[O-].CCc1ccc(COc2ccc(-n3c(=O)cc(C(F)(F)F)n(C)c3=O)cc2)c(OC(C)C(=O)OC)c1.C[S+](C)C.O=C(O)CNCP(=O)([O-])O. The lowest BCUT2D eigenvalue weighted by Crippen LogP contribution is -2.40. The minimum atomic E-state index is -4.84. The summed E-state index contributed by atoms with van der Waals surface area (Å²) in [7, 11) is -1.49. The molecule has 26 heteroatoms. The van der Waals surface area contributed by atoms with Crippen molar-refractivity contribution in [3.63, 3.8) is 0 Å². The van der Waals surface area contributed by atoms with Gasteiger partial charge in [0, 0.05) is 36.3 Å². The van der Waals surface area contributed by atoms with Crippen molar-refractivity contribution in [1.82, 2.24) is 14.5 Å². The molecular formula is C44H60F3N6O15PS. The van der Waals surface area contributed by atoms with Crippen molar-refractivity contribution < 1.29 is 66.3 Å². The largest absolute Gasteiger partial charge is 0.778 e. The molecular weight excluding hydrogens is 973 g/mol. The van der Waals surface area contributed by atoms with Crippen LogP contribution in [0.25, 0.3) is 5.69 Å². The van der Waals surface area contributed by atoms with Gasteiger partial charge in [-0.1, -0.05) is 32.9 Å². The van der Waals surface area contributed by atoms with Crippen molar-refractivity contribution in [2.75, 3.05) is 44.0 Å². The number of ether oxygens (including phenoxy) is 3. The molecule has 0 saturated carbocycles. The Morgan fingerprint density at radius 1 is 0.957 bits per heavy atom. The quantitative estimate of drug-likeness (QED) is 0.0291. The number of hydrogen-bond acceptors (Lipinski definition) is 15. The van der Waals surface area contributed by atoms with E-state index in [9.17, 15) is 62.0 Å². The van der Waals surface area contributed by atoms with E-state index < -0.39 is 71.4 Å². The van der Waals surface area contributed by atoms with Gasteiger partial charge in [0.1, 0.15) is 31.4 Å². The number of alkyl halides is 3. The van der Waals surface area contributed by atoms with E-state index in [1.807, 2.05) is 44.3 Å². The molecule has 21 nitrogen and oxygen atoms in total. The molecule has 2 atom stereocenters. The first-order valence-corrected chi connectivity index (χ1v) is 25.3. The molecule has 0 aliphatic carbocycles. The topological polar surface area (TPSA) is 297 Å². The van der Waals surface area contributed by atoms with Gasteiger partial charge in [0.05, 0.1) is 54.2 Å². The highest BCUT2D eigenvalue weighted by molar-refractivity contribution is 7.94. The van der Waals surface area contributed by atoms with E-state index in [4.69, 9.17) is 24.2 Å². The van der Waals surface area contributed by atoms with Crippen LogP contribution in [0.1, 0.15) is 68.5 Å². The van der Waals surface area contributed by atoms with Crippen LogP contribution in [0, 0.1) is 34.1 Å². The second kappa shape index (κ2) is 28.4. The van der Waals surface area contributed by atoms with Gasteiger partial charge in [-0.3, -0.25) is 39.7 Å². The fourth-order valence-electron chi connectivity index (χ4n) is 5.84. The van der Waals surface area contributed by atoms with E-state index in [2.05, 4.69) is 24.1 Å². The third-order valence-corrected chi connectivity index (χ3v) is 10.2. The minimum Gasteiger partial charge on any atom is -0.778 e. The van der Waals surface area contributed by atoms with Crippen molar-refractivity contribution in [2.45, 2.75) is 85.7 Å². The number of anilines is 1. The number of esters is 1. The zero-order valence-electron chi connectivity index (χ0n) is 40.6. The average Bonchev–Trinajstić information content (AvgIpc) is 3.26. The molecule has 0 fully saturated rings. The molecule has 0 bridgehead atoms.